The van der Waals surface area contributed by atoms with Gasteiger partial charge in [-0.05, 0) is 48.9 Å². The van der Waals surface area contributed by atoms with E-state index in [1.165, 1.54) is 12.1 Å². The van der Waals surface area contributed by atoms with E-state index in [1.807, 2.05) is 6.92 Å². The van der Waals surface area contributed by atoms with Crippen molar-refractivity contribution in [2.75, 3.05) is 0 Å². The lowest BCUT2D eigenvalue weighted by atomic mass is 10.2. The molecule has 0 aliphatic carbocycles. The molecule has 2 aromatic carbocycles. The monoisotopic (exact) mass is 348 g/mol. The number of benzene rings is 2. The summed E-state index contributed by atoms with van der Waals surface area (Å²) < 4.78 is 15.1. The van der Waals surface area contributed by atoms with E-state index in [-0.39, 0.29) is 10.9 Å². The van der Waals surface area contributed by atoms with Gasteiger partial charge < -0.3 is 4.98 Å². The van der Waals surface area contributed by atoms with Crippen LogP contribution >= 0.6 is 15.9 Å². The van der Waals surface area contributed by atoms with Gasteiger partial charge in [0.15, 0.2) is 0 Å². The molecule has 0 spiro atoms. The zero-order valence-corrected chi connectivity index (χ0v) is 12.6. The van der Waals surface area contributed by atoms with Crippen molar-refractivity contribution in [1.82, 2.24) is 9.55 Å². The molecule has 4 nitrogen and oxygen atoms in total. The molecule has 0 saturated carbocycles. The van der Waals surface area contributed by atoms with Gasteiger partial charge >= 0.3 is 5.69 Å². The lowest BCUT2D eigenvalue weighted by Gasteiger charge is -2.08. The van der Waals surface area contributed by atoms with Crippen LogP contribution in [-0.2, 0) is 0 Å². The van der Waals surface area contributed by atoms with E-state index < -0.39 is 17.1 Å². The van der Waals surface area contributed by atoms with Crippen LogP contribution in [0.5, 0.6) is 0 Å². The number of fused-ring (bicyclic) bond motifs is 1. The van der Waals surface area contributed by atoms with Gasteiger partial charge in [0.1, 0.15) is 5.82 Å². The van der Waals surface area contributed by atoms with Crippen LogP contribution in [-0.4, -0.2) is 9.55 Å². The third-order valence-electron chi connectivity index (χ3n) is 3.26. The van der Waals surface area contributed by atoms with Crippen LogP contribution in [0.25, 0.3) is 16.6 Å². The van der Waals surface area contributed by atoms with Crippen LogP contribution in [0.15, 0.2) is 50.5 Å². The van der Waals surface area contributed by atoms with Gasteiger partial charge in [-0.15, -0.1) is 0 Å². The Bertz CT molecular complexity index is 976. The molecule has 0 saturated heterocycles. The van der Waals surface area contributed by atoms with Crippen LogP contribution in [0.1, 0.15) is 5.56 Å². The van der Waals surface area contributed by atoms with E-state index in [4.69, 9.17) is 0 Å². The highest BCUT2D eigenvalue weighted by atomic mass is 79.9. The maximum absolute atomic E-state index is 13.2. The number of H-pyrrole nitrogens is 1. The fraction of sp³-hybridized carbons (Fsp3) is 0.0667. The molecular formula is C15H10BrFN2O2. The smallest absolute Gasteiger partial charge is 0.306 e. The summed E-state index contributed by atoms with van der Waals surface area (Å²) in [6, 6.07) is 8.87. The van der Waals surface area contributed by atoms with Crippen molar-refractivity contribution >= 4 is 26.8 Å². The van der Waals surface area contributed by atoms with Gasteiger partial charge in [-0.2, -0.15) is 0 Å². The summed E-state index contributed by atoms with van der Waals surface area (Å²) in [6.45, 7) is 1.86. The van der Waals surface area contributed by atoms with Gasteiger partial charge in [-0.25, -0.2) is 13.8 Å². The van der Waals surface area contributed by atoms with Crippen LogP contribution in [0, 0.1) is 12.7 Å². The molecule has 0 atom stereocenters. The van der Waals surface area contributed by atoms with Gasteiger partial charge in [0.25, 0.3) is 5.56 Å². The van der Waals surface area contributed by atoms with Crippen molar-refractivity contribution in [3.63, 3.8) is 0 Å². The second kappa shape index (κ2) is 4.96. The van der Waals surface area contributed by atoms with Crippen molar-refractivity contribution in [3.8, 4) is 5.69 Å². The molecule has 0 bridgehead atoms. The first kappa shape index (κ1) is 13.8. The highest BCUT2D eigenvalue weighted by Crippen LogP contribution is 2.18. The zero-order valence-electron chi connectivity index (χ0n) is 11.0. The van der Waals surface area contributed by atoms with Gasteiger partial charge in [0.2, 0.25) is 0 Å². The molecule has 0 radical (unpaired) electrons. The molecule has 3 aromatic rings. The van der Waals surface area contributed by atoms with E-state index >= 15 is 0 Å². The van der Waals surface area contributed by atoms with E-state index in [0.717, 1.165) is 20.7 Å². The average molecular weight is 349 g/mol. The fourth-order valence-corrected chi connectivity index (χ4v) is 2.44. The maximum Gasteiger partial charge on any atom is 0.333 e. The van der Waals surface area contributed by atoms with E-state index in [9.17, 15) is 14.0 Å². The predicted octanol–water partition coefficient (Wildman–Crippen LogP) is 2.89. The molecule has 1 aromatic heterocycles. The van der Waals surface area contributed by atoms with Crippen LogP contribution in [0.2, 0.25) is 0 Å². The summed E-state index contributed by atoms with van der Waals surface area (Å²) >= 11 is 3.37. The maximum atomic E-state index is 13.2. The standard InChI is InChI=1S/C15H10BrFN2O2/c1-8-6-10(3-5-12(8)16)19-14(20)11-4-2-9(17)7-13(11)18-15(19)21/h2-7H,1H3,(H,18,21). The van der Waals surface area contributed by atoms with Crippen molar-refractivity contribution in [3.05, 3.63) is 73.1 Å². The molecule has 0 aliphatic rings. The first-order valence-electron chi connectivity index (χ1n) is 6.18. The van der Waals surface area contributed by atoms with Gasteiger partial charge in [0, 0.05) is 4.47 Å². The van der Waals surface area contributed by atoms with Crippen LogP contribution < -0.4 is 11.2 Å². The summed E-state index contributed by atoms with van der Waals surface area (Å²) in [7, 11) is 0. The second-order valence-corrected chi connectivity index (χ2v) is 5.55. The molecule has 0 amide bonds. The lowest BCUT2D eigenvalue weighted by molar-refractivity contribution is 0.629. The van der Waals surface area contributed by atoms with Crippen molar-refractivity contribution < 1.29 is 4.39 Å². The van der Waals surface area contributed by atoms with E-state index in [1.54, 1.807) is 18.2 Å². The van der Waals surface area contributed by atoms with E-state index in [0.29, 0.717) is 5.69 Å². The Balaban J connectivity index is 2.38. The molecule has 0 fully saturated rings. The minimum Gasteiger partial charge on any atom is -0.306 e. The number of hydrogen-bond acceptors (Lipinski definition) is 2. The quantitative estimate of drug-likeness (QED) is 0.735. The molecular weight excluding hydrogens is 339 g/mol. The van der Waals surface area contributed by atoms with E-state index in [2.05, 4.69) is 20.9 Å². The fourth-order valence-electron chi connectivity index (χ4n) is 2.19. The molecule has 3 rings (SSSR count). The Morgan fingerprint density at radius 1 is 1.14 bits per heavy atom. The third-order valence-corrected chi connectivity index (χ3v) is 4.15. The van der Waals surface area contributed by atoms with Crippen molar-refractivity contribution in [2.45, 2.75) is 6.92 Å². The topological polar surface area (TPSA) is 54.9 Å². The minimum absolute atomic E-state index is 0.190. The molecule has 0 aliphatic heterocycles. The summed E-state index contributed by atoms with van der Waals surface area (Å²) in [4.78, 5) is 27.1. The number of nitrogens with one attached hydrogen (secondary N) is 1. The molecule has 0 unspecified atom stereocenters. The van der Waals surface area contributed by atoms with Gasteiger partial charge in [-0.3, -0.25) is 4.79 Å². The summed E-state index contributed by atoms with van der Waals surface area (Å²) in [5.41, 5.74) is 0.483. The van der Waals surface area contributed by atoms with Crippen molar-refractivity contribution in [2.24, 2.45) is 0 Å². The Kier molecular flexibility index (Phi) is 3.25. The average Bonchev–Trinajstić information content (AvgIpc) is 2.42. The number of aryl methyl sites for hydroxylation is 1. The van der Waals surface area contributed by atoms with Gasteiger partial charge in [-0.1, -0.05) is 15.9 Å². The Morgan fingerprint density at radius 3 is 2.62 bits per heavy atom. The number of rotatable bonds is 1. The highest BCUT2D eigenvalue weighted by molar-refractivity contribution is 9.10. The first-order valence-corrected chi connectivity index (χ1v) is 6.98. The molecule has 21 heavy (non-hydrogen) atoms. The zero-order chi connectivity index (χ0) is 15.1. The van der Waals surface area contributed by atoms with Crippen molar-refractivity contribution in [1.29, 1.82) is 0 Å². The Hall–Kier alpha value is -2.21. The number of hydrogen-bond donors (Lipinski definition) is 1. The summed E-state index contributed by atoms with van der Waals surface area (Å²) in [6.07, 6.45) is 0. The normalized spacial score (nSPS) is 11.0. The molecule has 106 valence electrons. The lowest BCUT2D eigenvalue weighted by Crippen LogP contribution is -2.33. The predicted molar refractivity (Wildman–Crippen MR) is 82.6 cm³/mol. The molecule has 1 heterocycles. The van der Waals surface area contributed by atoms with Gasteiger partial charge in [0.05, 0.1) is 16.6 Å². The largest absolute Gasteiger partial charge is 0.333 e. The first-order chi connectivity index (χ1) is 9.97. The number of aromatic amines is 1. The Morgan fingerprint density at radius 2 is 1.90 bits per heavy atom. The third kappa shape index (κ3) is 2.31. The van der Waals surface area contributed by atoms with Crippen LogP contribution in [0.3, 0.4) is 0 Å². The number of nitrogens with zero attached hydrogens (tertiary/aromatic N) is 1. The SMILES string of the molecule is Cc1cc(-n2c(=O)[nH]c3cc(F)ccc3c2=O)ccc1Br. The Labute approximate surface area is 127 Å². The second-order valence-electron chi connectivity index (χ2n) is 4.69. The summed E-state index contributed by atoms with van der Waals surface area (Å²) in [5, 5.41) is 0.261. The molecule has 6 heteroatoms. The summed E-state index contributed by atoms with van der Waals surface area (Å²) in [5.74, 6) is -0.505. The van der Waals surface area contributed by atoms with Crippen LogP contribution in [0.4, 0.5) is 4.39 Å². The minimum atomic E-state index is -0.597. The number of halogens is 2. The highest BCUT2D eigenvalue weighted by Gasteiger charge is 2.10. The number of aromatic nitrogens is 2. The molecule has 1 N–H and O–H groups in total.